The maximum Gasteiger partial charge on any atom is 0.229 e. The van der Waals surface area contributed by atoms with Gasteiger partial charge >= 0.3 is 0 Å². The fourth-order valence-electron chi connectivity index (χ4n) is 4.29. The zero-order chi connectivity index (χ0) is 18.4. The highest BCUT2D eigenvalue weighted by Gasteiger charge is 2.32. The van der Waals surface area contributed by atoms with Gasteiger partial charge in [-0.3, -0.25) is 4.57 Å². The van der Waals surface area contributed by atoms with Crippen molar-refractivity contribution in [2.45, 2.75) is 57.5 Å². The summed E-state index contributed by atoms with van der Waals surface area (Å²) in [6.45, 7) is 3.14. The maximum atomic E-state index is 6.39. The number of aryl methyl sites for hydroxylation is 1. The van der Waals surface area contributed by atoms with E-state index in [0.29, 0.717) is 30.7 Å². The van der Waals surface area contributed by atoms with Crippen LogP contribution < -0.4 is 0 Å². The molecule has 2 aliphatic rings. The van der Waals surface area contributed by atoms with Gasteiger partial charge in [-0.15, -0.1) is 10.2 Å². The molecular weight excluding hydrogens is 364 g/mol. The standard InChI is InChI=1S/C19H21ClN6O/c1-12-21-19(27-24-12)14-8-6-13(7-9-14)18-23-22-17-11-25(20)10-15-4-2-3-5-16(15)26(17)18/h2-5,13-14H,6-11H2,1H3. The summed E-state index contributed by atoms with van der Waals surface area (Å²) >= 11 is 6.39. The van der Waals surface area contributed by atoms with E-state index >= 15 is 0 Å². The highest BCUT2D eigenvalue weighted by Crippen LogP contribution is 2.40. The molecule has 3 heterocycles. The third-order valence-corrected chi connectivity index (χ3v) is 5.87. The summed E-state index contributed by atoms with van der Waals surface area (Å²) in [5, 5.41) is 13.0. The lowest BCUT2D eigenvalue weighted by atomic mass is 9.81. The summed E-state index contributed by atoms with van der Waals surface area (Å²) in [7, 11) is 0. The van der Waals surface area contributed by atoms with Gasteiger partial charge in [-0.25, -0.2) is 4.42 Å². The average molecular weight is 385 g/mol. The summed E-state index contributed by atoms with van der Waals surface area (Å²) in [6.07, 6.45) is 4.13. The molecule has 0 spiro atoms. The highest BCUT2D eigenvalue weighted by molar-refractivity contribution is 6.13. The Morgan fingerprint density at radius 2 is 1.81 bits per heavy atom. The van der Waals surface area contributed by atoms with Crippen molar-refractivity contribution in [3.63, 3.8) is 0 Å². The first-order chi connectivity index (χ1) is 13.2. The van der Waals surface area contributed by atoms with Crippen molar-refractivity contribution in [1.82, 2.24) is 29.3 Å². The molecule has 0 saturated heterocycles. The molecule has 1 aliphatic heterocycles. The Hall–Kier alpha value is -2.25. The van der Waals surface area contributed by atoms with Crippen LogP contribution in [0.2, 0.25) is 0 Å². The van der Waals surface area contributed by atoms with Crippen molar-refractivity contribution in [2.75, 3.05) is 0 Å². The second-order valence-corrected chi connectivity index (χ2v) is 7.92. The van der Waals surface area contributed by atoms with Crippen molar-refractivity contribution < 1.29 is 4.52 Å². The Kier molecular flexibility index (Phi) is 4.21. The van der Waals surface area contributed by atoms with Crippen LogP contribution >= 0.6 is 11.8 Å². The van der Waals surface area contributed by atoms with Gasteiger partial charge < -0.3 is 4.52 Å². The summed E-state index contributed by atoms with van der Waals surface area (Å²) < 4.78 is 9.37. The van der Waals surface area contributed by atoms with E-state index in [4.69, 9.17) is 16.3 Å². The normalized spacial score (nSPS) is 22.9. The van der Waals surface area contributed by atoms with Crippen molar-refractivity contribution in [3.05, 3.63) is 53.2 Å². The molecule has 3 aromatic rings. The SMILES string of the molecule is Cc1noc(C2CCC(c3nnc4n3-c3ccccc3CN(Cl)C4)CC2)n1. The van der Waals surface area contributed by atoms with Crippen molar-refractivity contribution >= 4 is 11.8 Å². The fourth-order valence-corrected chi connectivity index (χ4v) is 4.53. The molecule has 0 radical (unpaired) electrons. The van der Waals surface area contributed by atoms with Crippen molar-refractivity contribution in [2.24, 2.45) is 0 Å². The molecule has 5 rings (SSSR count). The number of rotatable bonds is 2. The highest BCUT2D eigenvalue weighted by atomic mass is 35.5. The smallest absolute Gasteiger partial charge is 0.229 e. The van der Waals surface area contributed by atoms with E-state index in [1.54, 1.807) is 4.42 Å². The van der Waals surface area contributed by atoms with Crippen LogP contribution in [0.4, 0.5) is 0 Å². The van der Waals surface area contributed by atoms with Gasteiger partial charge in [0.2, 0.25) is 5.89 Å². The molecule has 2 aromatic heterocycles. The van der Waals surface area contributed by atoms with E-state index in [-0.39, 0.29) is 0 Å². The van der Waals surface area contributed by atoms with Gasteiger partial charge in [0.15, 0.2) is 11.6 Å². The first-order valence-electron chi connectivity index (χ1n) is 9.42. The van der Waals surface area contributed by atoms with Gasteiger partial charge in [0.25, 0.3) is 0 Å². The maximum absolute atomic E-state index is 6.39. The largest absolute Gasteiger partial charge is 0.339 e. The predicted molar refractivity (Wildman–Crippen MR) is 99.4 cm³/mol. The Balaban J connectivity index is 1.44. The molecule has 1 saturated carbocycles. The third-order valence-electron chi connectivity index (χ3n) is 5.63. The van der Waals surface area contributed by atoms with Gasteiger partial charge in [0, 0.05) is 18.4 Å². The molecule has 1 aromatic carbocycles. The van der Waals surface area contributed by atoms with Gasteiger partial charge in [-0.2, -0.15) is 4.98 Å². The zero-order valence-corrected chi connectivity index (χ0v) is 15.9. The van der Waals surface area contributed by atoms with E-state index in [0.717, 1.165) is 48.9 Å². The van der Waals surface area contributed by atoms with E-state index in [2.05, 4.69) is 49.2 Å². The van der Waals surface area contributed by atoms with Gasteiger partial charge in [-0.1, -0.05) is 23.4 Å². The van der Waals surface area contributed by atoms with Crippen LogP contribution in [-0.2, 0) is 13.1 Å². The van der Waals surface area contributed by atoms with E-state index in [9.17, 15) is 0 Å². The molecule has 0 bridgehead atoms. The minimum Gasteiger partial charge on any atom is -0.339 e. The van der Waals surface area contributed by atoms with Crippen LogP contribution in [-0.4, -0.2) is 29.3 Å². The Morgan fingerprint density at radius 1 is 1.04 bits per heavy atom. The molecule has 0 atom stereocenters. The Bertz CT molecular complexity index is 959. The molecular formula is C19H21ClN6O. The predicted octanol–water partition coefficient (Wildman–Crippen LogP) is 3.87. The average Bonchev–Trinajstić information content (AvgIpc) is 3.25. The Morgan fingerprint density at radius 3 is 2.59 bits per heavy atom. The fraction of sp³-hybridized carbons (Fsp3) is 0.474. The lowest BCUT2D eigenvalue weighted by Crippen LogP contribution is -2.17. The molecule has 140 valence electrons. The molecule has 0 amide bonds. The van der Waals surface area contributed by atoms with Gasteiger partial charge in [0.05, 0.1) is 12.2 Å². The first kappa shape index (κ1) is 16.9. The first-order valence-corrected chi connectivity index (χ1v) is 9.76. The number of nitrogens with zero attached hydrogens (tertiary/aromatic N) is 6. The van der Waals surface area contributed by atoms with Crippen LogP contribution in [0.3, 0.4) is 0 Å². The van der Waals surface area contributed by atoms with E-state index in [1.165, 1.54) is 5.56 Å². The summed E-state index contributed by atoms with van der Waals surface area (Å²) in [6, 6.07) is 8.37. The lowest BCUT2D eigenvalue weighted by Gasteiger charge is -2.26. The lowest BCUT2D eigenvalue weighted by molar-refractivity contribution is 0.295. The molecule has 1 aliphatic carbocycles. The van der Waals surface area contributed by atoms with Crippen molar-refractivity contribution in [1.29, 1.82) is 0 Å². The number of hydrogen-bond donors (Lipinski definition) is 0. The minimum absolute atomic E-state index is 0.347. The quantitative estimate of drug-likeness (QED) is 0.624. The molecule has 8 heteroatoms. The third kappa shape index (κ3) is 3.04. The number of benzene rings is 1. The molecule has 7 nitrogen and oxygen atoms in total. The Labute approximate surface area is 162 Å². The zero-order valence-electron chi connectivity index (χ0n) is 15.2. The van der Waals surface area contributed by atoms with Crippen LogP contribution in [0, 0.1) is 6.92 Å². The molecule has 1 fully saturated rings. The molecule has 27 heavy (non-hydrogen) atoms. The topological polar surface area (TPSA) is 72.9 Å². The number of halogens is 1. The second-order valence-electron chi connectivity index (χ2n) is 7.45. The van der Waals surface area contributed by atoms with Crippen LogP contribution in [0.5, 0.6) is 0 Å². The van der Waals surface area contributed by atoms with E-state index < -0.39 is 0 Å². The number of hydrogen-bond acceptors (Lipinski definition) is 6. The van der Waals surface area contributed by atoms with Crippen LogP contribution in [0.15, 0.2) is 28.8 Å². The molecule has 0 N–H and O–H groups in total. The summed E-state index contributed by atoms with van der Waals surface area (Å²) in [5.41, 5.74) is 2.34. The van der Waals surface area contributed by atoms with Gasteiger partial charge in [-0.05, 0) is 56.0 Å². The summed E-state index contributed by atoms with van der Waals surface area (Å²) in [4.78, 5) is 4.41. The molecule has 0 unspecified atom stereocenters. The second kappa shape index (κ2) is 6.73. The number of para-hydroxylation sites is 1. The monoisotopic (exact) mass is 384 g/mol. The number of fused-ring (bicyclic) bond motifs is 3. The number of aromatic nitrogens is 5. The van der Waals surface area contributed by atoms with E-state index in [1.807, 2.05) is 6.92 Å². The minimum atomic E-state index is 0.347. The van der Waals surface area contributed by atoms with Crippen molar-refractivity contribution in [3.8, 4) is 5.69 Å². The summed E-state index contributed by atoms with van der Waals surface area (Å²) in [5.74, 6) is 4.15. The van der Waals surface area contributed by atoms with Gasteiger partial charge in [0.1, 0.15) is 5.82 Å². The van der Waals surface area contributed by atoms with Crippen LogP contribution in [0.25, 0.3) is 5.69 Å². The van der Waals surface area contributed by atoms with Crippen LogP contribution in [0.1, 0.15) is 66.4 Å².